The minimum Gasteiger partial charge on any atom is -0.287 e. The third-order valence-electron chi connectivity index (χ3n) is 2.03. The first kappa shape index (κ1) is 12.2. The molecule has 1 saturated heterocycles. The van der Waals surface area contributed by atoms with Crippen LogP contribution in [0.25, 0.3) is 0 Å². The van der Waals surface area contributed by atoms with Gasteiger partial charge in [0.05, 0.1) is 19.8 Å². The first-order valence-electron chi connectivity index (χ1n) is 5.30. The van der Waals surface area contributed by atoms with Crippen LogP contribution < -0.4 is 0 Å². The molecule has 0 amide bonds. The summed E-state index contributed by atoms with van der Waals surface area (Å²) < 4.78 is 26.7. The maximum Gasteiger partial charge on any atom is 0.474 e. The molecule has 0 aromatic heterocycles. The molecule has 84 valence electrons. The van der Waals surface area contributed by atoms with E-state index in [9.17, 15) is 4.57 Å². The van der Waals surface area contributed by atoms with Crippen LogP contribution in [0.4, 0.5) is 0 Å². The SMILES string of the molecule is CCCCCCOP1(=O)OCCCO1. The van der Waals surface area contributed by atoms with E-state index in [1.165, 1.54) is 12.8 Å². The van der Waals surface area contributed by atoms with Crippen molar-refractivity contribution in [1.29, 1.82) is 0 Å². The summed E-state index contributed by atoms with van der Waals surface area (Å²) >= 11 is 0. The lowest BCUT2D eigenvalue weighted by Gasteiger charge is -2.21. The van der Waals surface area contributed by atoms with Gasteiger partial charge in [-0.05, 0) is 12.8 Å². The van der Waals surface area contributed by atoms with Crippen molar-refractivity contribution in [2.24, 2.45) is 0 Å². The second-order valence-corrected chi connectivity index (χ2v) is 5.03. The highest BCUT2D eigenvalue weighted by molar-refractivity contribution is 7.48. The van der Waals surface area contributed by atoms with Crippen molar-refractivity contribution in [3.8, 4) is 0 Å². The number of phosphoric ester groups is 1. The second kappa shape index (κ2) is 6.57. The maximum absolute atomic E-state index is 11.6. The number of rotatable bonds is 6. The van der Waals surface area contributed by atoms with Crippen LogP contribution in [0.5, 0.6) is 0 Å². The van der Waals surface area contributed by atoms with Crippen LogP contribution >= 0.6 is 7.82 Å². The molecule has 5 heteroatoms. The fourth-order valence-electron chi connectivity index (χ4n) is 1.23. The average molecular weight is 222 g/mol. The molecule has 0 aromatic carbocycles. The molecule has 0 unspecified atom stereocenters. The van der Waals surface area contributed by atoms with Crippen molar-refractivity contribution in [1.82, 2.24) is 0 Å². The van der Waals surface area contributed by atoms with Crippen molar-refractivity contribution in [3.63, 3.8) is 0 Å². The molecular weight excluding hydrogens is 203 g/mol. The highest BCUT2D eigenvalue weighted by Gasteiger charge is 2.29. The van der Waals surface area contributed by atoms with E-state index in [2.05, 4.69) is 6.92 Å². The molecule has 0 spiro atoms. The molecule has 1 fully saturated rings. The summed E-state index contributed by atoms with van der Waals surface area (Å²) in [5.41, 5.74) is 0. The Kier molecular flexibility index (Phi) is 5.71. The lowest BCUT2D eigenvalue weighted by molar-refractivity contribution is 0.0738. The fraction of sp³-hybridized carbons (Fsp3) is 1.00. The quantitative estimate of drug-likeness (QED) is 0.511. The lowest BCUT2D eigenvalue weighted by atomic mass is 10.2. The summed E-state index contributed by atoms with van der Waals surface area (Å²) in [6.45, 7) is 3.58. The zero-order valence-electron chi connectivity index (χ0n) is 8.74. The molecule has 0 aromatic rings. The second-order valence-electron chi connectivity index (χ2n) is 3.36. The number of phosphoric acid groups is 1. The van der Waals surface area contributed by atoms with E-state index in [1.54, 1.807) is 0 Å². The van der Waals surface area contributed by atoms with Gasteiger partial charge in [-0.15, -0.1) is 0 Å². The zero-order valence-corrected chi connectivity index (χ0v) is 9.63. The predicted molar refractivity (Wildman–Crippen MR) is 54.2 cm³/mol. The monoisotopic (exact) mass is 222 g/mol. The van der Waals surface area contributed by atoms with Crippen LogP contribution in [-0.4, -0.2) is 19.8 Å². The molecular formula is C9H19O4P. The van der Waals surface area contributed by atoms with Gasteiger partial charge < -0.3 is 0 Å². The molecule has 1 aliphatic rings. The molecule has 0 radical (unpaired) electrons. The van der Waals surface area contributed by atoms with Crippen LogP contribution in [0.15, 0.2) is 0 Å². The normalized spacial score (nSPS) is 20.9. The Morgan fingerprint density at radius 3 is 2.57 bits per heavy atom. The minimum atomic E-state index is -3.16. The van der Waals surface area contributed by atoms with Gasteiger partial charge in [-0.3, -0.25) is 13.6 Å². The molecule has 1 aliphatic heterocycles. The van der Waals surface area contributed by atoms with Gasteiger partial charge in [-0.1, -0.05) is 26.2 Å². The molecule has 0 N–H and O–H groups in total. The van der Waals surface area contributed by atoms with Gasteiger partial charge in [0, 0.05) is 0 Å². The zero-order chi connectivity index (χ0) is 10.3. The largest absolute Gasteiger partial charge is 0.474 e. The van der Waals surface area contributed by atoms with Crippen LogP contribution in [0.2, 0.25) is 0 Å². The fourth-order valence-corrected chi connectivity index (χ4v) is 2.51. The number of hydrogen-bond donors (Lipinski definition) is 0. The van der Waals surface area contributed by atoms with E-state index in [-0.39, 0.29) is 0 Å². The Morgan fingerprint density at radius 1 is 1.21 bits per heavy atom. The molecule has 1 heterocycles. The third-order valence-corrected chi connectivity index (χ3v) is 3.53. The predicted octanol–water partition coefficient (Wildman–Crippen LogP) is 3.13. The summed E-state index contributed by atoms with van der Waals surface area (Å²) in [5.74, 6) is 0. The van der Waals surface area contributed by atoms with Crippen molar-refractivity contribution in [2.75, 3.05) is 19.8 Å². The van der Waals surface area contributed by atoms with Gasteiger partial charge >= 0.3 is 7.82 Å². The molecule has 0 atom stereocenters. The lowest BCUT2D eigenvalue weighted by Crippen LogP contribution is -2.10. The highest BCUT2D eigenvalue weighted by atomic mass is 31.2. The van der Waals surface area contributed by atoms with Crippen LogP contribution in [0, 0.1) is 0 Å². The topological polar surface area (TPSA) is 44.8 Å². The van der Waals surface area contributed by atoms with E-state index < -0.39 is 7.82 Å². The van der Waals surface area contributed by atoms with Crippen molar-refractivity contribution in [2.45, 2.75) is 39.0 Å². The Balaban J connectivity index is 2.07. The van der Waals surface area contributed by atoms with E-state index >= 15 is 0 Å². The number of unbranched alkanes of at least 4 members (excludes halogenated alkanes) is 3. The summed E-state index contributed by atoms with van der Waals surface area (Å²) in [5, 5.41) is 0. The van der Waals surface area contributed by atoms with Crippen LogP contribution in [0.1, 0.15) is 39.0 Å². The van der Waals surface area contributed by atoms with E-state index in [1.807, 2.05) is 0 Å². The Hall–Kier alpha value is 0.110. The third kappa shape index (κ3) is 4.56. The maximum atomic E-state index is 11.6. The van der Waals surface area contributed by atoms with Gasteiger partial charge in [0.1, 0.15) is 0 Å². The summed E-state index contributed by atoms with van der Waals surface area (Å²) in [6.07, 6.45) is 5.20. The van der Waals surface area contributed by atoms with Gasteiger partial charge in [0.2, 0.25) is 0 Å². The molecule has 1 rings (SSSR count). The van der Waals surface area contributed by atoms with Crippen molar-refractivity contribution < 1.29 is 18.1 Å². The Morgan fingerprint density at radius 2 is 1.93 bits per heavy atom. The van der Waals surface area contributed by atoms with Gasteiger partial charge in [0.25, 0.3) is 0 Å². The smallest absolute Gasteiger partial charge is 0.287 e. The van der Waals surface area contributed by atoms with Crippen LogP contribution in [0.3, 0.4) is 0 Å². The van der Waals surface area contributed by atoms with E-state index in [4.69, 9.17) is 13.6 Å². The Labute approximate surface area is 85.5 Å². The van der Waals surface area contributed by atoms with Crippen molar-refractivity contribution in [3.05, 3.63) is 0 Å². The van der Waals surface area contributed by atoms with E-state index in [0.29, 0.717) is 19.8 Å². The van der Waals surface area contributed by atoms with Crippen LogP contribution in [-0.2, 0) is 18.1 Å². The average Bonchev–Trinajstić information content (AvgIpc) is 2.18. The molecule has 0 bridgehead atoms. The first-order valence-corrected chi connectivity index (χ1v) is 6.76. The van der Waals surface area contributed by atoms with Gasteiger partial charge in [-0.2, -0.15) is 0 Å². The van der Waals surface area contributed by atoms with Gasteiger partial charge in [-0.25, -0.2) is 4.57 Å². The number of hydrogen-bond acceptors (Lipinski definition) is 4. The molecule has 0 saturated carbocycles. The highest BCUT2D eigenvalue weighted by Crippen LogP contribution is 2.51. The summed E-state index contributed by atoms with van der Waals surface area (Å²) in [7, 11) is -3.16. The molecule has 4 nitrogen and oxygen atoms in total. The molecule has 0 aliphatic carbocycles. The first-order chi connectivity index (χ1) is 6.77. The Bertz CT molecular complexity index is 185. The summed E-state index contributed by atoms with van der Waals surface area (Å²) in [4.78, 5) is 0. The standard InChI is InChI=1S/C9H19O4P/c1-2-3-4-5-7-11-14(10)12-8-6-9-13-14/h2-9H2,1H3. The minimum absolute atomic E-state index is 0.470. The van der Waals surface area contributed by atoms with Crippen molar-refractivity contribution >= 4 is 7.82 Å². The summed E-state index contributed by atoms with van der Waals surface area (Å²) in [6, 6.07) is 0. The van der Waals surface area contributed by atoms with E-state index in [0.717, 1.165) is 19.3 Å². The molecule has 14 heavy (non-hydrogen) atoms. The van der Waals surface area contributed by atoms with Gasteiger partial charge in [0.15, 0.2) is 0 Å².